The second-order valence-corrected chi connectivity index (χ2v) is 10.1. The third-order valence-corrected chi connectivity index (χ3v) is 7.14. The molecule has 0 aliphatic rings. The van der Waals surface area contributed by atoms with Crippen LogP contribution in [-0.2, 0) is 11.2 Å². The molecule has 12 heteroatoms. The first-order valence-electron chi connectivity index (χ1n) is 11.1. The lowest BCUT2D eigenvalue weighted by atomic mass is 10.1. The summed E-state index contributed by atoms with van der Waals surface area (Å²) in [5, 5.41) is 23.4. The Balaban J connectivity index is 1.26. The van der Waals surface area contributed by atoms with Crippen molar-refractivity contribution in [2.24, 2.45) is 0 Å². The van der Waals surface area contributed by atoms with Crippen LogP contribution in [0.2, 0.25) is 0 Å². The number of hydrogen-bond donors (Lipinski definition) is 1. The topological polar surface area (TPSA) is 129 Å². The Morgan fingerprint density at radius 1 is 1.16 bits per heavy atom. The lowest BCUT2D eigenvalue weighted by molar-refractivity contribution is -0.384. The lowest BCUT2D eigenvalue weighted by Crippen LogP contribution is -2.14. The molecule has 0 fully saturated rings. The zero-order valence-corrected chi connectivity index (χ0v) is 21.2. The van der Waals surface area contributed by atoms with Gasteiger partial charge in [-0.25, -0.2) is 4.98 Å². The molecule has 0 saturated heterocycles. The molecule has 0 saturated carbocycles. The minimum Gasteiger partial charge on any atom is -0.461 e. The van der Waals surface area contributed by atoms with Crippen LogP contribution < -0.4 is 5.32 Å². The molecule has 1 N–H and O–H groups in total. The Morgan fingerprint density at radius 2 is 2.00 bits per heavy atom. The van der Waals surface area contributed by atoms with E-state index in [-0.39, 0.29) is 17.3 Å². The van der Waals surface area contributed by atoms with Crippen LogP contribution in [0.1, 0.15) is 16.0 Å². The van der Waals surface area contributed by atoms with Gasteiger partial charge < -0.3 is 9.73 Å². The van der Waals surface area contributed by atoms with Crippen molar-refractivity contribution in [1.82, 2.24) is 19.7 Å². The first-order chi connectivity index (χ1) is 18.0. The number of carbonyl (C=O) groups is 1. The van der Waals surface area contributed by atoms with E-state index in [1.54, 1.807) is 24.6 Å². The number of amides is 1. The number of nitrogens with one attached hydrogen (secondary N) is 1. The summed E-state index contributed by atoms with van der Waals surface area (Å²) in [6.07, 6.45) is 3.72. The molecule has 0 spiro atoms. The van der Waals surface area contributed by atoms with Gasteiger partial charge in [0, 0.05) is 35.3 Å². The van der Waals surface area contributed by atoms with E-state index in [1.807, 2.05) is 47.9 Å². The molecule has 0 aliphatic heterocycles. The van der Waals surface area contributed by atoms with Crippen molar-refractivity contribution in [1.29, 1.82) is 0 Å². The molecule has 10 nitrogen and oxygen atoms in total. The Kier molecular flexibility index (Phi) is 7.10. The SMILES string of the molecule is Cc1ccc(-n2c(SCC(=O)Nc3ncc(Cc4cccc([N+](=O)[O-])c4)s3)nnc2-c2ccco2)cc1. The standard InChI is InChI=1S/C25H20N6O4S2/c1-16-7-9-18(10-8-16)30-23(21-6-3-11-35-21)28-29-25(30)36-15-22(32)27-24-26-14-20(37-24)13-17-4-2-5-19(12-17)31(33)34/h2-12,14H,13,15H2,1H3,(H,26,27,32). The van der Waals surface area contributed by atoms with E-state index in [1.165, 1.54) is 35.2 Å². The zero-order valence-electron chi connectivity index (χ0n) is 19.5. The molecule has 2 aromatic carbocycles. The highest BCUT2D eigenvalue weighted by molar-refractivity contribution is 7.99. The van der Waals surface area contributed by atoms with Gasteiger partial charge in [0.1, 0.15) is 0 Å². The van der Waals surface area contributed by atoms with Gasteiger partial charge in [0.2, 0.25) is 11.7 Å². The van der Waals surface area contributed by atoms with Gasteiger partial charge in [0.05, 0.1) is 16.9 Å². The maximum atomic E-state index is 12.7. The smallest absolute Gasteiger partial charge is 0.269 e. The molecule has 5 aromatic rings. The number of aryl methyl sites for hydroxylation is 1. The van der Waals surface area contributed by atoms with E-state index in [4.69, 9.17) is 4.42 Å². The molecule has 0 bridgehead atoms. The maximum Gasteiger partial charge on any atom is 0.269 e. The molecular formula is C25H20N6O4S2. The van der Waals surface area contributed by atoms with Gasteiger partial charge in [-0.3, -0.25) is 19.5 Å². The van der Waals surface area contributed by atoms with E-state index >= 15 is 0 Å². The highest BCUT2D eigenvalue weighted by Gasteiger charge is 2.19. The molecule has 3 aromatic heterocycles. The van der Waals surface area contributed by atoms with Crippen LogP contribution in [0, 0.1) is 17.0 Å². The molecule has 0 unspecified atom stereocenters. The number of rotatable bonds is 9. The molecular weight excluding hydrogens is 512 g/mol. The maximum absolute atomic E-state index is 12.7. The van der Waals surface area contributed by atoms with E-state index in [0.29, 0.717) is 28.3 Å². The first-order valence-corrected chi connectivity index (χ1v) is 12.9. The fourth-order valence-electron chi connectivity index (χ4n) is 3.57. The van der Waals surface area contributed by atoms with Gasteiger partial charge in [-0.15, -0.1) is 21.5 Å². The van der Waals surface area contributed by atoms with Crippen molar-refractivity contribution < 1.29 is 14.1 Å². The number of benzene rings is 2. The van der Waals surface area contributed by atoms with Crippen molar-refractivity contribution in [2.75, 3.05) is 11.1 Å². The third kappa shape index (κ3) is 5.76. The minimum absolute atomic E-state index is 0.0428. The van der Waals surface area contributed by atoms with Crippen LogP contribution in [-0.4, -0.2) is 36.3 Å². The number of furan rings is 1. The summed E-state index contributed by atoms with van der Waals surface area (Å²) >= 11 is 2.58. The minimum atomic E-state index is -0.420. The number of aromatic nitrogens is 4. The van der Waals surface area contributed by atoms with Crippen LogP contribution in [0.3, 0.4) is 0 Å². The van der Waals surface area contributed by atoms with Crippen LogP contribution >= 0.6 is 23.1 Å². The molecule has 0 radical (unpaired) electrons. The monoisotopic (exact) mass is 532 g/mol. The molecule has 1 amide bonds. The number of hydrogen-bond acceptors (Lipinski definition) is 9. The van der Waals surface area contributed by atoms with Crippen molar-refractivity contribution in [2.45, 2.75) is 18.5 Å². The number of non-ortho nitro benzene ring substituents is 1. The zero-order chi connectivity index (χ0) is 25.8. The number of anilines is 1. The average molecular weight is 533 g/mol. The van der Waals surface area contributed by atoms with E-state index in [9.17, 15) is 14.9 Å². The summed E-state index contributed by atoms with van der Waals surface area (Å²) in [6.45, 7) is 2.01. The number of nitrogens with zero attached hydrogens (tertiary/aromatic N) is 5. The summed E-state index contributed by atoms with van der Waals surface area (Å²) in [5.74, 6) is 0.979. The number of carbonyl (C=O) groups excluding carboxylic acids is 1. The predicted molar refractivity (Wildman–Crippen MR) is 141 cm³/mol. The Morgan fingerprint density at radius 3 is 2.76 bits per heavy atom. The normalized spacial score (nSPS) is 10.9. The molecule has 37 heavy (non-hydrogen) atoms. The lowest BCUT2D eigenvalue weighted by Gasteiger charge is -2.09. The molecule has 0 atom stereocenters. The first kappa shape index (κ1) is 24.4. The fourth-order valence-corrected chi connectivity index (χ4v) is 5.18. The van der Waals surface area contributed by atoms with Gasteiger partial charge in [-0.05, 0) is 36.8 Å². The van der Waals surface area contributed by atoms with Crippen LogP contribution in [0.15, 0.2) is 82.7 Å². The Hall–Kier alpha value is -4.29. The van der Waals surface area contributed by atoms with E-state index in [2.05, 4.69) is 20.5 Å². The van der Waals surface area contributed by atoms with Crippen molar-refractivity contribution >= 4 is 39.8 Å². The summed E-state index contributed by atoms with van der Waals surface area (Å²) in [4.78, 5) is 28.4. The van der Waals surface area contributed by atoms with Crippen molar-refractivity contribution in [3.63, 3.8) is 0 Å². The van der Waals surface area contributed by atoms with Gasteiger partial charge in [-0.2, -0.15) is 0 Å². The third-order valence-electron chi connectivity index (χ3n) is 5.30. The van der Waals surface area contributed by atoms with Crippen molar-refractivity contribution in [3.05, 3.63) is 99.2 Å². The number of thiazole rings is 1. The number of nitro benzene ring substituents is 1. The highest BCUT2D eigenvalue weighted by atomic mass is 32.2. The van der Waals surface area contributed by atoms with E-state index < -0.39 is 4.92 Å². The fraction of sp³-hybridized carbons (Fsp3) is 0.120. The highest BCUT2D eigenvalue weighted by Crippen LogP contribution is 2.29. The van der Waals surface area contributed by atoms with Crippen LogP contribution in [0.25, 0.3) is 17.3 Å². The van der Waals surface area contributed by atoms with E-state index in [0.717, 1.165) is 21.7 Å². The van der Waals surface area contributed by atoms with Gasteiger partial charge in [0.25, 0.3) is 5.69 Å². The predicted octanol–water partition coefficient (Wildman–Crippen LogP) is 5.52. The summed E-state index contributed by atoms with van der Waals surface area (Å²) < 4.78 is 7.39. The molecule has 5 rings (SSSR count). The Labute approximate surface area is 219 Å². The largest absolute Gasteiger partial charge is 0.461 e. The average Bonchev–Trinajstić information content (AvgIpc) is 3.65. The second kappa shape index (κ2) is 10.8. The van der Waals surface area contributed by atoms with Crippen LogP contribution in [0.4, 0.5) is 10.8 Å². The van der Waals surface area contributed by atoms with Crippen molar-refractivity contribution in [3.8, 4) is 17.3 Å². The Bertz CT molecular complexity index is 1540. The van der Waals surface area contributed by atoms with Gasteiger partial charge >= 0.3 is 0 Å². The summed E-state index contributed by atoms with van der Waals surface area (Å²) in [7, 11) is 0. The molecule has 3 heterocycles. The molecule has 0 aliphatic carbocycles. The number of nitro groups is 1. The number of thioether (sulfide) groups is 1. The van der Waals surface area contributed by atoms with Gasteiger partial charge in [0.15, 0.2) is 16.0 Å². The quantitative estimate of drug-likeness (QED) is 0.149. The molecule has 186 valence electrons. The second-order valence-electron chi connectivity index (χ2n) is 8.03. The van der Waals surface area contributed by atoms with Gasteiger partial charge in [-0.1, -0.05) is 41.6 Å². The van der Waals surface area contributed by atoms with Crippen LogP contribution in [0.5, 0.6) is 0 Å². The summed E-state index contributed by atoms with van der Waals surface area (Å²) in [5.41, 5.74) is 2.82. The summed E-state index contributed by atoms with van der Waals surface area (Å²) in [6, 6.07) is 18.0.